The van der Waals surface area contributed by atoms with E-state index in [1.165, 1.54) is 33.2 Å². The lowest BCUT2D eigenvalue weighted by atomic mass is 9.78. The van der Waals surface area contributed by atoms with Gasteiger partial charge in [0, 0.05) is 31.6 Å². The molecule has 1 spiro atoms. The molecule has 1 aliphatic carbocycles. The Balaban J connectivity index is 1.31. The molecule has 2 heterocycles. The summed E-state index contributed by atoms with van der Waals surface area (Å²) < 4.78 is 6.43. The molecule has 10 heteroatoms. The fourth-order valence-electron chi connectivity index (χ4n) is 4.67. The van der Waals surface area contributed by atoms with Gasteiger partial charge in [0.1, 0.15) is 5.54 Å². The Bertz CT molecular complexity index is 1330. The number of amides is 3. The van der Waals surface area contributed by atoms with Gasteiger partial charge in [0.05, 0.1) is 10.4 Å². The molecule has 3 amide bonds. The summed E-state index contributed by atoms with van der Waals surface area (Å²) in [4.78, 5) is 49.7. The molecule has 10 nitrogen and oxygen atoms in total. The maximum atomic E-state index is 13.2. The van der Waals surface area contributed by atoms with Crippen molar-refractivity contribution in [2.45, 2.75) is 37.8 Å². The van der Waals surface area contributed by atoms with E-state index in [9.17, 15) is 24.5 Å². The number of non-ortho nitro benzene ring substituents is 1. The number of nitrogens with one attached hydrogen (secondary N) is 1. The van der Waals surface area contributed by atoms with Gasteiger partial charge in [-0.1, -0.05) is 24.3 Å². The lowest BCUT2D eigenvalue weighted by Crippen LogP contribution is -2.51. The van der Waals surface area contributed by atoms with Crippen LogP contribution in [0.15, 0.2) is 51.7 Å². The largest absolute Gasteiger partial charge is 0.419 e. The number of urea groups is 1. The monoisotopic (exact) mass is 436 g/mol. The molecule has 1 atom stereocenters. The fraction of sp³-hybridized carbons (Fsp3) is 0.318. The molecular weight excluding hydrogens is 416 g/mol. The normalized spacial score (nSPS) is 20.1. The SMILES string of the molecule is O=C1NC2(CCc3ccccc3C2)C(=O)N1CCCn1c(=O)oc2ccc([N+](=O)[O-])cc21. The summed E-state index contributed by atoms with van der Waals surface area (Å²) in [5.41, 5.74) is 1.73. The molecule has 1 fully saturated rings. The number of carbonyl (C=O) groups excluding carboxylic acids is 2. The van der Waals surface area contributed by atoms with Gasteiger partial charge in [-0.05, 0) is 36.5 Å². The molecule has 5 rings (SSSR count). The highest BCUT2D eigenvalue weighted by Gasteiger charge is 2.51. The number of carbonyl (C=O) groups is 2. The Morgan fingerprint density at radius 2 is 1.88 bits per heavy atom. The highest BCUT2D eigenvalue weighted by Crippen LogP contribution is 2.33. The highest BCUT2D eigenvalue weighted by molar-refractivity contribution is 6.07. The number of rotatable bonds is 5. The minimum absolute atomic E-state index is 0.127. The molecular formula is C22H20N4O6. The average molecular weight is 436 g/mol. The molecule has 2 aliphatic rings. The fourth-order valence-corrected chi connectivity index (χ4v) is 4.67. The number of hydrogen-bond acceptors (Lipinski definition) is 6. The Labute approximate surface area is 181 Å². The van der Waals surface area contributed by atoms with E-state index >= 15 is 0 Å². The number of benzene rings is 2. The van der Waals surface area contributed by atoms with E-state index in [1.54, 1.807) is 0 Å². The van der Waals surface area contributed by atoms with Gasteiger partial charge in [-0.2, -0.15) is 0 Å². The summed E-state index contributed by atoms with van der Waals surface area (Å²) >= 11 is 0. The number of nitrogens with zero attached hydrogens (tertiary/aromatic N) is 3. The molecule has 0 radical (unpaired) electrons. The van der Waals surface area contributed by atoms with Gasteiger partial charge in [0.25, 0.3) is 11.6 Å². The van der Waals surface area contributed by atoms with Crippen LogP contribution in [0, 0.1) is 10.1 Å². The second kappa shape index (κ2) is 7.33. The van der Waals surface area contributed by atoms with Crippen LogP contribution in [0.3, 0.4) is 0 Å². The van der Waals surface area contributed by atoms with Crippen molar-refractivity contribution in [3.05, 3.63) is 74.3 Å². The number of imide groups is 1. The van der Waals surface area contributed by atoms with Gasteiger partial charge in [0.2, 0.25) is 0 Å². The third-order valence-corrected chi connectivity index (χ3v) is 6.30. The first-order valence-electron chi connectivity index (χ1n) is 10.4. The quantitative estimate of drug-likeness (QED) is 0.372. The summed E-state index contributed by atoms with van der Waals surface area (Å²) in [5, 5.41) is 13.9. The summed E-state index contributed by atoms with van der Waals surface area (Å²) in [6.07, 6.45) is 2.02. The van der Waals surface area contributed by atoms with E-state index in [0.717, 1.165) is 5.56 Å². The standard InChI is InChI=1S/C22H20N4O6/c27-19-22(9-8-14-4-1-2-5-15(14)13-22)23-20(28)25(19)11-3-10-24-17-12-16(26(30)31)6-7-18(17)32-21(24)29/h1-2,4-7,12H,3,8-11,13H2,(H,23,28). The van der Waals surface area contributed by atoms with Gasteiger partial charge >= 0.3 is 11.8 Å². The first kappa shape index (κ1) is 20.0. The van der Waals surface area contributed by atoms with Crippen LogP contribution in [0.25, 0.3) is 11.1 Å². The predicted octanol–water partition coefficient (Wildman–Crippen LogP) is 2.37. The maximum absolute atomic E-state index is 13.2. The van der Waals surface area contributed by atoms with Gasteiger partial charge in [-0.25, -0.2) is 9.59 Å². The van der Waals surface area contributed by atoms with Crippen molar-refractivity contribution < 1.29 is 18.9 Å². The lowest BCUT2D eigenvalue weighted by Gasteiger charge is -2.32. The Kier molecular flexibility index (Phi) is 4.58. The van der Waals surface area contributed by atoms with E-state index in [0.29, 0.717) is 31.2 Å². The van der Waals surface area contributed by atoms with Crippen molar-refractivity contribution in [3.63, 3.8) is 0 Å². The number of hydrogen-bond donors (Lipinski definition) is 1. The van der Waals surface area contributed by atoms with Crippen LogP contribution >= 0.6 is 0 Å². The summed E-state index contributed by atoms with van der Waals surface area (Å²) in [6.45, 7) is 0.280. The average Bonchev–Trinajstić information content (AvgIpc) is 3.21. The number of aryl methyl sites for hydroxylation is 2. The minimum Gasteiger partial charge on any atom is -0.408 e. The molecule has 1 saturated heterocycles. The lowest BCUT2D eigenvalue weighted by molar-refractivity contribution is -0.384. The molecule has 0 saturated carbocycles. The minimum atomic E-state index is -0.925. The molecule has 1 aliphatic heterocycles. The Hall–Kier alpha value is -3.95. The van der Waals surface area contributed by atoms with E-state index in [2.05, 4.69) is 5.32 Å². The summed E-state index contributed by atoms with van der Waals surface area (Å²) in [6, 6.07) is 11.4. The molecule has 164 valence electrons. The number of oxazole rings is 1. The number of fused-ring (bicyclic) bond motifs is 2. The van der Waals surface area contributed by atoms with Crippen LogP contribution in [-0.2, 0) is 24.2 Å². The van der Waals surface area contributed by atoms with Crippen LogP contribution in [0.5, 0.6) is 0 Å². The van der Waals surface area contributed by atoms with Gasteiger partial charge in [-0.3, -0.25) is 24.4 Å². The Morgan fingerprint density at radius 3 is 2.66 bits per heavy atom. The molecule has 1 N–H and O–H groups in total. The van der Waals surface area contributed by atoms with Crippen molar-refractivity contribution in [3.8, 4) is 0 Å². The molecule has 2 aromatic carbocycles. The van der Waals surface area contributed by atoms with Crippen molar-refractivity contribution in [1.29, 1.82) is 0 Å². The molecule has 3 aromatic rings. The Morgan fingerprint density at radius 1 is 1.09 bits per heavy atom. The van der Waals surface area contributed by atoms with Gasteiger partial charge in [0.15, 0.2) is 5.58 Å². The molecule has 1 aromatic heterocycles. The van der Waals surface area contributed by atoms with E-state index < -0.39 is 22.2 Å². The van der Waals surface area contributed by atoms with Crippen LogP contribution in [0.4, 0.5) is 10.5 Å². The third kappa shape index (κ3) is 3.15. The number of nitro benzene ring substituents is 1. The van der Waals surface area contributed by atoms with Crippen LogP contribution in [0.2, 0.25) is 0 Å². The van der Waals surface area contributed by atoms with Crippen molar-refractivity contribution >= 4 is 28.7 Å². The van der Waals surface area contributed by atoms with E-state index in [-0.39, 0.29) is 30.3 Å². The molecule has 0 bridgehead atoms. The zero-order chi connectivity index (χ0) is 22.5. The number of nitro groups is 1. The number of aromatic nitrogens is 1. The molecule has 32 heavy (non-hydrogen) atoms. The zero-order valence-electron chi connectivity index (χ0n) is 17.1. The summed E-state index contributed by atoms with van der Waals surface area (Å²) in [5.74, 6) is -0.893. The third-order valence-electron chi connectivity index (χ3n) is 6.30. The summed E-state index contributed by atoms with van der Waals surface area (Å²) in [7, 11) is 0. The first-order valence-corrected chi connectivity index (χ1v) is 10.4. The van der Waals surface area contributed by atoms with Crippen molar-refractivity contribution in [1.82, 2.24) is 14.8 Å². The maximum Gasteiger partial charge on any atom is 0.419 e. The van der Waals surface area contributed by atoms with Crippen LogP contribution < -0.4 is 11.1 Å². The smallest absolute Gasteiger partial charge is 0.408 e. The van der Waals surface area contributed by atoms with Crippen molar-refractivity contribution in [2.24, 2.45) is 0 Å². The second-order valence-corrected chi connectivity index (χ2v) is 8.20. The van der Waals surface area contributed by atoms with Gasteiger partial charge < -0.3 is 9.73 Å². The predicted molar refractivity (Wildman–Crippen MR) is 113 cm³/mol. The first-order chi connectivity index (χ1) is 15.4. The van der Waals surface area contributed by atoms with Gasteiger partial charge in [-0.15, -0.1) is 0 Å². The van der Waals surface area contributed by atoms with Crippen LogP contribution in [0.1, 0.15) is 24.0 Å². The topological polar surface area (TPSA) is 128 Å². The highest BCUT2D eigenvalue weighted by atomic mass is 16.6. The zero-order valence-corrected chi connectivity index (χ0v) is 17.1. The molecule has 1 unspecified atom stereocenters. The van der Waals surface area contributed by atoms with E-state index in [1.807, 2.05) is 24.3 Å². The second-order valence-electron chi connectivity index (χ2n) is 8.20. The van der Waals surface area contributed by atoms with E-state index in [4.69, 9.17) is 4.42 Å². The van der Waals surface area contributed by atoms with Crippen LogP contribution in [-0.4, -0.2) is 38.4 Å². The van der Waals surface area contributed by atoms with Crippen molar-refractivity contribution in [2.75, 3.05) is 6.54 Å².